The Morgan fingerprint density at radius 1 is 1.00 bits per heavy atom. The third-order valence-corrected chi connectivity index (χ3v) is 4.64. The van der Waals surface area contributed by atoms with Gasteiger partial charge in [-0.3, -0.25) is 4.40 Å². The lowest BCUT2D eigenvalue weighted by Crippen LogP contribution is -2.02. The minimum Gasteiger partial charge on any atom is -0.493 e. The van der Waals surface area contributed by atoms with Crippen molar-refractivity contribution >= 4 is 33.2 Å². The molecule has 2 heterocycles. The summed E-state index contributed by atoms with van der Waals surface area (Å²) < 4.78 is 13.6. The highest BCUT2D eigenvalue weighted by atomic mass is 79.9. The molecule has 1 N–H and O–H groups in total. The number of hydrogen-bond acceptors (Lipinski definition) is 5. The van der Waals surface area contributed by atoms with E-state index in [9.17, 15) is 0 Å². The second-order valence-corrected chi connectivity index (χ2v) is 6.74. The van der Waals surface area contributed by atoms with Gasteiger partial charge in [0.2, 0.25) is 5.95 Å². The van der Waals surface area contributed by atoms with Crippen LogP contribution in [0.5, 0.6) is 11.5 Å². The minimum atomic E-state index is 0.654. The highest BCUT2D eigenvalue weighted by Gasteiger charge is 2.12. The smallest absolute Gasteiger partial charge is 0.213 e. The van der Waals surface area contributed by atoms with Gasteiger partial charge < -0.3 is 14.8 Å². The van der Waals surface area contributed by atoms with Crippen LogP contribution in [0.15, 0.2) is 65.4 Å². The summed E-state index contributed by atoms with van der Waals surface area (Å²) in [6, 6.07) is 15.6. The second-order valence-electron chi connectivity index (χ2n) is 5.83. The third-order valence-electron chi connectivity index (χ3n) is 4.15. The zero-order chi connectivity index (χ0) is 18.8. The Balaban J connectivity index is 1.81. The van der Waals surface area contributed by atoms with E-state index in [1.165, 1.54) is 0 Å². The van der Waals surface area contributed by atoms with Crippen LogP contribution >= 0.6 is 15.9 Å². The van der Waals surface area contributed by atoms with E-state index in [2.05, 4.69) is 26.2 Å². The maximum atomic E-state index is 5.42. The van der Waals surface area contributed by atoms with Gasteiger partial charge in [-0.05, 0) is 36.4 Å². The monoisotopic (exact) mass is 424 g/mol. The van der Waals surface area contributed by atoms with E-state index in [-0.39, 0.29) is 0 Å². The largest absolute Gasteiger partial charge is 0.493 e. The molecule has 0 fully saturated rings. The molecule has 0 saturated heterocycles. The number of benzene rings is 2. The molecule has 4 aromatic rings. The summed E-state index contributed by atoms with van der Waals surface area (Å²) in [4.78, 5) is 9.22. The van der Waals surface area contributed by atoms with Crippen molar-refractivity contribution in [1.82, 2.24) is 14.4 Å². The quantitative estimate of drug-likeness (QED) is 0.492. The Hall–Kier alpha value is -3.06. The molecule has 4 rings (SSSR count). The summed E-state index contributed by atoms with van der Waals surface area (Å²) in [5, 5.41) is 3.36. The number of hydrogen-bond donors (Lipinski definition) is 1. The summed E-state index contributed by atoms with van der Waals surface area (Å²) >= 11 is 3.49. The molecule has 7 heteroatoms. The molecule has 2 aromatic heterocycles. The topological polar surface area (TPSA) is 60.7 Å². The third kappa shape index (κ3) is 3.46. The van der Waals surface area contributed by atoms with Gasteiger partial charge in [-0.1, -0.05) is 22.0 Å². The van der Waals surface area contributed by atoms with Gasteiger partial charge in [0, 0.05) is 34.2 Å². The number of anilines is 2. The fourth-order valence-corrected chi connectivity index (χ4v) is 3.25. The van der Waals surface area contributed by atoms with Gasteiger partial charge in [0.15, 0.2) is 11.5 Å². The van der Waals surface area contributed by atoms with Crippen LogP contribution in [0.25, 0.3) is 16.9 Å². The molecule has 0 aliphatic rings. The molecule has 2 aromatic carbocycles. The standard InChI is InChI=1S/C20H17BrN4O2/c1-26-17-7-6-13(10-18(17)27-2)16-12-19-22-8-9-25(19)20(24-16)23-15-5-3-4-14(21)11-15/h3-12H,1-2H3,(H,23,24). The number of nitrogens with zero attached hydrogens (tertiary/aromatic N) is 3. The van der Waals surface area contributed by atoms with E-state index in [0.29, 0.717) is 17.4 Å². The Morgan fingerprint density at radius 3 is 2.63 bits per heavy atom. The molecule has 6 nitrogen and oxygen atoms in total. The number of rotatable bonds is 5. The fraction of sp³-hybridized carbons (Fsp3) is 0.100. The van der Waals surface area contributed by atoms with Crippen LogP contribution in [0.1, 0.15) is 0 Å². The number of fused-ring (bicyclic) bond motifs is 1. The molecule has 0 bridgehead atoms. The van der Waals surface area contributed by atoms with Crippen molar-refractivity contribution in [3.63, 3.8) is 0 Å². The van der Waals surface area contributed by atoms with E-state index >= 15 is 0 Å². The first kappa shape index (κ1) is 17.4. The Kier molecular flexibility index (Phi) is 4.68. The first-order valence-corrected chi connectivity index (χ1v) is 9.06. The van der Waals surface area contributed by atoms with Crippen molar-refractivity contribution in [3.8, 4) is 22.8 Å². The van der Waals surface area contributed by atoms with Gasteiger partial charge in [-0.25, -0.2) is 9.97 Å². The Morgan fingerprint density at radius 2 is 1.85 bits per heavy atom. The molecule has 136 valence electrons. The molecular weight excluding hydrogens is 408 g/mol. The molecule has 0 radical (unpaired) electrons. The number of imidazole rings is 1. The van der Waals surface area contributed by atoms with E-state index in [0.717, 1.165) is 27.1 Å². The lowest BCUT2D eigenvalue weighted by Gasteiger charge is -2.12. The second kappa shape index (κ2) is 7.28. The zero-order valence-electron chi connectivity index (χ0n) is 14.8. The van der Waals surface area contributed by atoms with Gasteiger partial charge in [-0.15, -0.1) is 0 Å². The normalized spacial score (nSPS) is 10.8. The van der Waals surface area contributed by atoms with Crippen molar-refractivity contribution in [2.45, 2.75) is 0 Å². The maximum absolute atomic E-state index is 5.42. The van der Waals surface area contributed by atoms with Crippen LogP contribution < -0.4 is 14.8 Å². The molecule has 0 amide bonds. The predicted octanol–water partition coefficient (Wildman–Crippen LogP) is 4.92. The SMILES string of the molecule is COc1ccc(-c2cc3nccn3c(Nc3cccc(Br)c3)n2)cc1OC. The Labute approximate surface area is 164 Å². The highest BCUT2D eigenvalue weighted by molar-refractivity contribution is 9.10. The molecule has 0 atom stereocenters. The van der Waals surface area contributed by atoms with E-state index in [1.807, 2.05) is 59.1 Å². The van der Waals surface area contributed by atoms with Crippen LogP contribution in [0.4, 0.5) is 11.6 Å². The Bertz CT molecular complexity index is 1110. The summed E-state index contributed by atoms with van der Waals surface area (Å²) in [7, 11) is 3.24. The number of methoxy groups -OCH3 is 2. The summed E-state index contributed by atoms with van der Waals surface area (Å²) in [5.74, 6) is 2.00. The van der Waals surface area contributed by atoms with Crippen molar-refractivity contribution < 1.29 is 9.47 Å². The van der Waals surface area contributed by atoms with Crippen LogP contribution in [-0.4, -0.2) is 28.6 Å². The lowest BCUT2D eigenvalue weighted by molar-refractivity contribution is 0.355. The fourth-order valence-electron chi connectivity index (χ4n) is 2.85. The molecule has 0 aliphatic carbocycles. The van der Waals surface area contributed by atoms with Gasteiger partial charge in [0.05, 0.1) is 19.9 Å². The number of nitrogens with one attached hydrogen (secondary N) is 1. The van der Waals surface area contributed by atoms with E-state index in [4.69, 9.17) is 14.5 Å². The molecular formula is C20H17BrN4O2. The van der Waals surface area contributed by atoms with Crippen molar-refractivity contribution in [2.75, 3.05) is 19.5 Å². The van der Waals surface area contributed by atoms with Crippen LogP contribution in [0.2, 0.25) is 0 Å². The maximum Gasteiger partial charge on any atom is 0.213 e. The molecule has 0 spiro atoms. The molecule has 0 unspecified atom stereocenters. The zero-order valence-corrected chi connectivity index (χ0v) is 16.4. The first-order valence-electron chi connectivity index (χ1n) is 8.27. The van der Waals surface area contributed by atoms with E-state index < -0.39 is 0 Å². The summed E-state index contributed by atoms with van der Waals surface area (Å²) in [5.41, 5.74) is 3.42. The molecule has 27 heavy (non-hydrogen) atoms. The average molecular weight is 425 g/mol. The molecule has 0 saturated carbocycles. The van der Waals surface area contributed by atoms with E-state index in [1.54, 1.807) is 20.4 Å². The number of halogens is 1. The van der Waals surface area contributed by atoms with Crippen molar-refractivity contribution in [1.29, 1.82) is 0 Å². The summed E-state index contributed by atoms with van der Waals surface area (Å²) in [6.07, 6.45) is 3.63. The van der Waals surface area contributed by atoms with Crippen LogP contribution in [0.3, 0.4) is 0 Å². The molecule has 0 aliphatic heterocycles. The highest BCUT2D eigenvalue weighted by Crippen LogP contribution is 2.32. The number of aromatic nitrogens is 3. The van der Waals surface area contributed by atoms with Gasteiger partial charge >= 0.3 is 0 Å². The lowest BCUT2D eigenvalue weighted by atomic mass is 10.1. The minimum absolute atomic E-state index is 0.654. The van der Waals surface area contributed by atoms with Gasteiger partial charge in [0.25, 0.3) is 0 Å². The summed E-state index contributed by atoms with van der Waals surface area (Å²) in [6.45, 7) is 0. The number of ether oxygens (including phenoxy) is 2. The van der Waals surface area contributed by atoms with Crippen molar-refractivity contribution in [3.05, 3.63) is 65.4 Å². The average Bonchev–Trinajstić information content (AvgIpc) is 3.16. The van der Waals surface area contributed by atoms with Crippen LogP contribution in [0, 0.1) is 0 Å². The first-order chi connectivity index (χ1) is 13.2. The van der Waals surface area contributed by atoms with Gasteiger partial charge in [0.1, 0.15) is 5.65 Å². The predicted molar refractivity (Wildman–Crippen MR) is 109 cm³/mol. The van der Waals surface area contributed by atoms with Gasteiger partial charge in [-0.2, -0.15) is 0 Å². The van der Waals surface area contributed by atoms with Crippen LogP contribution in [-0.2, 0) is 0 Å². The van der Waals surface area contributed by atoms with Crippen molar-refractivity contribution in [2.24, 2.45) is 0 Å².